The highest BCUT2D eigenvalue weighted by molar-refractivity contribution is 5.92. The first kappa shape index (κ1) is 16.5. The molecule has 0 saturated carbocycles. The Labute approximate surface area is 141 Å². The number of hydrogen-bond donors (Lipinski definition) is 1. The van der Waals surface area contributed by atoms with E-state index in [1.165, 1.54) is 17.7 Å². The fraction of sp³-hybridized carbons (Fsp3) is 0.316. The molecule has 1 aliphatic rings. The number of nitrogens with zero attached hydrogens (tertiary/aromatic N) is 1. The molecule has 1 amide bonds. The molecule has 126 valence electrons. The zero-order valence-electron chi connectivity index (χ0n) is 13.7. The topological polar surface area (TPSA) is 41.6 Å². The molecule has 1 saturated heterocycles. The summed E-state index contributed by atoms with van der Waals surface area (Å²) in [5.74, 6) is 0.428. The van der Waals surface area contributed by atoms with Crippen LogP contribution in [0, 0.1) is 5.82 Å². The van der Waals surface area contributed by atoms with Crippen molar-refractivity contribution in [3.05, 3.63) is 59.9 Å². The van der Waals surface area contributed by atoms with Crippen molar-refractivity contribution >= 4 is 11.6 Å². The van der Waals surface area contributed by atoms with Gasteiger partial charge in [-0.15, -0.1) is 0 Å². The average Bonchev–Trinajstić information content (AvgIpc) is 3.05. The van der Waals surface area contributed by atoms with Crippen molar-refractivity contribution in [1.29, 1.82) is 0 Å². The molecule has 1 atom stereocenters. The highest BCUT2D eigenvalue weighted by atomic mass is 19.1. The van der Waals surface area contributed by atoms with Crippen molar-refractivity contribution in [3.8, 4) is 5.75 Å². The van der Waals surface area contributed by atoms with E-state index in [9.17, 15) is 9.18 Å². The molecule has 0 aliphatic carbocycles. The van der Waals surface area contributed by atoms with Gasteiger partial charge in [0.25, 0.3) is 0 Å². The lowest BCUT2D eigenvalue weighted by Crippen LogP contribution is -2.32. The van der Waals surface area contributed by atoms with Gasteiger partial charge in [0.05, 0.1) is 13.7 Å². The molecule has 0 bridgehead atoms. The van der Waals surface area contributed by atoms with Crippen LogP contribution < -0.4 is 10.1 Å². The molecule has 1 aliphatic heterocycles. The van der Waals surface area contributed by atoms with Gasteiger partial charge in [-0.1, -0.05) is 12.1 Å². The van der Waals surface area contributed by atoms with Gasteiger partial charge in [-0.05, 0) is 61.3 Å². The molecule has 24 heavy (non-hydrogen) atoms. The fourth-order valence-corrected chi connectivity index (χ4v) is 3.16. The minimum Gasteiger partial charge on any atom is -0.497 e. The number of hydrogen-bond acceptors (Lipinski definition) is 3. The third kappa shape index (κ3) is 3.92. The quantitative estimate of drug-likeness (QED) is 0.912. The summed E-state index contributed by atoms with van der Waals surface area (Å²) in [6, 6.07) is 14.0. The van der Waals surface area contributed by atoms with E-state index >= 15 is 0 Å². The lowest BCUT2D eigenvalue weighted by molar-refractivity contribution is -0.117. The third-order valence-corrected chi connectivity index (χ3v) is 4.32. The van der Waals surface area contributed by atoms with Crippen LogP contribution in [0.25, 0.3) is 0 Å². The number of ether oxygens (including phenoxy) is 1. The standard InChI is InChI=1S/C19H21FN2O2/c1-24-17-5-2-4-14(12-17)18-6-3-11-22(18)13-19(23)21-16-9-7-15(20)8-10-16/h2,4-5,7-10,12,18H,3,6,11,13H2,1H3,(H,21,23)/t18-/m1/s1. The van der Waals surface area contributed by atoms with Crippen molar-refractivity contribution in [1.82, 2.24) is 4.90 Å². The summed E-state index contributed by atoms with van der Waals surface area (Å²) in [6.45, 7) is 1.21. The molecule has 3 rings (SSSR count). The van der Waals surface area contributed by atoms with Gasteiger partial charge < -0.3 is 10.1 Å². The maximum atomic E-state index is 12.9. The Bertz CT molecular complexity index is 703. The first-order valence-electron chi connectivity index (χ1n) is 8.09. The van der Waals surface area contributed by atoms with Gasteiger partial charge in [0.1, 0.15) is 11.6 Å². The van der Waals surface area contributed by atoms with Crippen molar-refractivity contribution in [2.24, 2.45) is 0 Å². The highest BCUT2D eigenvalue weighted by Gasteiger charge is 2.27. The van der Waals surface area contributed by atoms with Crippen LogP contribution in [0.5, 0.6) is 5.75 Å². The molecule has 0 spiro atoms. The molecule has 2 aromatic rings. The van der Waals surface area contributed by atoms with E-state index in [0.29, 0.717) is 12.2 Å². The van der Waals surface area contributed by atoms with Crippen molar-refractivity contribution in [2.75, 3.05) is 25.5 Å². The van der Waals surface area contributed by atoms with Gasteiger partial charge in [0.15, 0.2) is 0 Å². The second-order valence-electron chi connectivity index (χ2n) is 5.96. The molecule has 2 aromatic carbocycles. The Kier molecular flexibility index (Phi) is 5.11. The summed E-state index contributed by atoms with van der Waals surface area (Å²) >= 11 is 0. The Morgan fingerprint density at radius 3 is 2.83 bits per heavy atom. The van der Waals surface area contributed by atoms with Crippen LogP contribution in [0.1, 0.15) is 24.4 Å². The van der Waals surface area contributed by atoms with Crippen LogP contribution in [0.3, 0.4) is 0 Å². The number of rotatable bonds is 5. The van der Waals surface area contributed by atoms with Crippen LogP contribution in [0.4, 0.5) is 10.1 Å². The summed E-state index contributed by atoms with van der Waals surface area (Å²) in [5, 5.41) is 2.82. The molecular formula is C19H21FN2O2. The summed E-state index contributed by atoms with van der Waals surface area (Å²) in [4.78, 5) is 14.5. The van der Waals surface area contributed by atoms with E-state index in [1.807, 2.05) is 18.2 Å². The molecule has 1 heterocycles. The van der Waals surface area contributed by atoms with Gasteiger partial charge in [-0.3, -0.25) is 9.69 Å². The fourth-order valence-electron chi connectivity index (χ4n) is 3.16. The van der Waals surface area contributed by atoms with Crippen LogP contribution in [0.15, 0.2) is 48.5 Å². The molecular weight excluding hydrogens is 307 g/mol. The Balaban J connectivity index is 1.64. The van der Waals surface area contributed by atoms with E-state index in [0.717, 1.165) is 25.1 Å². The summed E-state index contributed by atoms with van der Waals surface area (Å²) in [7, 11) is 1.65. The number of amides is 1. The number of benzene rings is 2. The van der Waals surface area contributed by atoms with E-state index < -0.39 is 0 Å². The first-order valence-corrected chi connectivity index (χ1v) is 8.09. The molecule has 1 fully saturated rings. The summed E-state index contributed by atoms with van der Waals surface area (Å²) < 4.78 is 18.2. The Hall–Kier alpha value is -2.40. The first-order chi connectivity index (χ1) is 11.7. The number of anilines is 1. The Morgan fingerprint density at radius 2 is 2.08 bits per heavy atom. The maximum Gasteiger partial charge on any atom is 0.238 e. The zero-order chi connectivity index (χ0) is 16.9. The second kappa shape index (κ2) is 7.45. The monoisotopic (exact) mass is 328 g/mol. The van der Waals surface area contributed by atoms with Crippen molar-refractivity contribution < 1.29 is 13.9 Å². The van der Waals surface area contributed by atoms with E-state index in [-0.39, 0.29) is 17.8 Å². The minimum absolute atomic E-state index is 0.0867. The van der Waals surface area contributed by atoms with Gasteiger partial charge in [-0.2, -0.15) is 0 Å². The van der Waals surface area contributed by atoms with Gasteiger partial charge in [0.2, 0.25) is 5.91 Å². The zero-order valence-corrected chi connectivity index (χ0v) is 13.7. The maximum absolute atomic E-state index is 12.9. The SMILES string of the molecule is COc1cccc([C@H]2CCCN2CC(=O)Nc2ccc(F)cc2)c1. The largest absolute Gasteiger partial charge is 0.497 e. The van der Waals surface area contributed by atoms with E-state index in [2.05, 4.69) is 16.3 Å². The third-order valence-electron chi connectivity index (χ3n) is 4.32. The van der Waals surface area contributed by atoms with Crippen molar-refractivity contribution in [2.45, 2.75) is 18.9 Å². The van der Waals surface area contributed by atoms with Crippen LogP contribution in [0.2, 0.25) is 0 Å². The van der Waals surface area contributed by atoms with E-state index in [4.69, 9.17) is 4.74 Å². The lowest BCUT2D eigenvalue weighted by Gasteiger charge is -2.24. The second-order valence-corrected chi connectivity index (χ2v) is 5.96. The van der Waals surface area contributed by atoms with Crippen LogP contribution in [-0.4, -0.2) is 31.0 Å². The van der Waals surface area contributed by atoms with E-state index in [1.54, 1.807) is 19.2 Å². The number of carbonyl (C=O) groups is 1. The highest BCUT2D eigenvalue weighted by Crippen LogP contribution is 2.33. The minimum atomic E-state index is -0.314. The van der Waals surface area contributed by atoms with Gasteiger partial charge in [0, 0.05) is 11.7 Å². The van der Waals surface area contributed by atoms with Gasteiger partial charge in [-0.25, -0.2) is 4.39 Å². The van der Waals surface area contributed by atoms with Gasteiger partial charge >= 0.3 is 0 Å². The predicted octanol–water partition coefficient (Wildman–Crippen LogP) is 3.61. The average molecular weight is 328 g/mol. The number of halogens is 1. The lowest BCUT2D eigenvalue weighted by atomic mass is 10.0. The smallest absolute Gasteiger partial charge is 0.238 e. The molecule has 0 unspecified atom stereocenters. The van der Waals surface area contributed by atoms with Crippen LogP contribution >= 0.6 is 0 Å². The summed E-state index contributed by atoms with van der Waals surface area (Å²) in [6.07, 6.45) is 2.09. The molecule has 5 heteroatoms. The number of methoxy groups -OCH3 is 1. The number of nitrogens with one attached hydrogen (secondary N) is 1. The Morgan fingerprint density at radius 1 is 1.29 bits per heavy atom. The summed E-state index contributed by atoms with van der Waals surface area (Å²) in [5.41, 5.74) is 1.78. The normalized spacial score (nSPS) is 17.7. The number of carbonyl (C=O) groups excluding carboxylic acids is 1. The number of likely N-dealkylation sites (tertiary alicyclic amines) is 1. The molecule has 1 N–H and O–H groups in total. The predicted molar refractivity (Wildman–Crippen MR) is 91.6 cm³/mol. The van der Waals surface area contributed by atoms with Crippen molar-refractivity contribution in [3.63, 3.8) is 0 Å². The molecule has 0 radical (unpaired) electrons. The molecule has 0 aromatic heterocycles. The van der Waals surface area contributed by atoms with Crippen LogP contribution in [-0.2, 0) is 4.79 Å². The molecule has 4 nitrogen and oxygen atoms in total.